The lowest BCUT2D eigenvalue weighted by molar-refractivity contribution is -0.123. The predicted molar refractivity (Wildman–Crippen MR) is 70.3 cm³/mol. The van der Waals surface area contributed by atoms with Gasteiger partial charge in [-0.05, 0) is 12.8 Å². The molecule has 1 aliphatic rings. The van der Waals surface area contributed by atoms with Crippen LogP contribution in [0.2, 0.25) is 0 Å². The van der Waals surface area contributed by atoms with Gasteiger partial charge in [-0.15, -0.1) is 17.5 Å². The van der Waals surface area contributed by atoms with E-state index < -0.39 is 0 Å². The Morgan fingerprint density at radius 3 is 2.72 bits per heavy atom. The number of rotatable bonds is 5. The van der Waals surface area contributed by atoms with Crippen LogP contribution < -0.4 is 11.1 Å². The van der Waals surface area contributed by atoms with Crippen molar-refractivity contribution in [3.05, 3.63) is 12.4 Å². The Kier molecular flexibility index (Phi) is 5.55. The first-order valence-electron chi connectivity index (χ1n) is 6.09. The summed E-state index contributed by atoms with van der Waals surface area (Å²) in [4.78, 5) is 11.8. The first kappa shape index (κ1) is 14.9. The fraction of sp³-hybridized carbons (Fsp3) is 0.727. The highest BCUT2D eigenvalue weighted by Gasteiger charge is 2.33. The van der Waals surface area contributed by atoms with E-state index in [1.807, 2.05) is 0 Å². The molecule has 7 heteroatoms. The minimum Gasteiger partial charge on any atom is -0.349 e. The zero-order valence-electron chi connectivity index (χ0n) is 10.3. The molecule has 0 atom stereocenters. The van der Waals surface area contributed by atoms with Crippen molar-refractivity contribution in [2.24, 2.45) is 5.73 Å². The van der Waals surface area contributed by atoms with Crippen LogP contribution in [0, 0.1) is 0 Å². The van der Waals surface area contributed by atoms with E-state index in [0.29, 0.717) is 19.5 Å². The van der Waals surface area contributed by atoms with Gasteiger partial charge in [0.15, 0.2) is 0 Å². The molecule has 6 nitrogen and oxygen atoms in total. The summed E-state index contributed by atoms with van der Waals surface area (Å²) in [5.74, 6) is 0.0489. The van der Waals surface area contributed by atoms with Gasteiger partial charge in [0, 0.05) is 19.2 Å². The standard InChI is InChI=1S/C11H19N5O.ClH/c12-9-11(4-1-2-5-11)14-10(17)3-7-16-8-6-13-15-16;/h6,8H,1-5,7,9,12H2,(H,14,17);1H. The second-order valence-electron chi connectivity index (χ2n) is 4.66. The molecule has 0 aromatic carbocycles. The lowest BCUT2D eigenvalue weighted by Gasteiger charge is -2.28. The summed E-state index contributed by atoms with van der Waals surface area (Å²) in [7, 11) is 0. The molecule has 1 fully saturated rings. The smallest absolute Gasteiger partial charge is 0.222 e. The highest BCUT2D eigenvalue weighted by atomic mass is 35.5. The Balaban J connectivity index is 0.00000162. The van der Waals surface area contributed by atoms with Crippen LogP contribution in [0.4, 0.5) is 0 Å². The van der Waals surface area contributed by atoms with Crippen molar-refractivity contribution in [1.29, 1.82) is 0 Å². The van der Waals surface area contributed by atoms with Gasteiger partial charge in [0.2, 0.25) is 5.91 Å². The van der Waals surface area contributed by atoms with Crippen molar-refractivity contribution in [3.63, 3.8) is 0 Å². The minimum atomic E-state index is -0.153. The normalized spacial score (nSPS) is 17.2. The molecule has 3 N–H and O–H groups in total. The summed E-state index contributed by atoms with van der Waals surface area (Å²) in [6.45, 7) is 1.09. The Morgan fingerprint density at radius 1 is 1.44 bits per heavy atom. The van der Waals surface area contributed by atoms with Crippen LogP contribution in [-0.2, 0) is 11.3 Å². The molecule has 0 saturated heterocycles. The monoisotopic (exact) mass is 273 g/mol. The lowest BCUT2D eigenvalue weighted by Crippen LogP contribution is -2.51. The number of hydrogen-bond donors (Lipinski definition) is 2. The summed E-state index contributed by atoms with van der Waals surface area (Å²) < 4.78 is 1.66. The number of carbonyl (C=O) groups is 1. The molecule has 1 aromatic heterocycles. The quantitative estimate of drug-likeness (QED) is 0.817. The molecule has 0 aliphatic heterocycles. The molecule has 102 valence electrons. The predicted octanol–water partition coefficient (Wildman–Crippen LogP) is 0.478. The summed E-state index contributed by atoms with van der Waals surface area (Å²) >= 11 is 0. The van der Waals surface area contributed by atoms with Crippen molar-refractivity contribution in [2.75, 3.05) is 6.54 Å². The summed E-state index contributed by atoms with van der Waals surface area (Å²) in [5, 5.41) is 10.6. The highest BCUT2D eigenvalue weighted by molar-refractivity contribution is 5.85. The van der Waals surface area contributed by atoms with Gasteiger partial charge in [0.05, 0.1) is 18.3 Å². The number of carbonyl (C=O) groups excluding carboxylic acids is 1. The van der Waals surface area contributed by atoms with Crippen LogP contribution >= 0.6 is 12.4 Å². The van der Waals surface area contributed by atoms with E-state index in [-0.39, 0.29) is 23.9 Å². The van der Waals surface area contributed by atoms with Gasteiger partial charge in [-0.1, -0.05) is 18.1 Å². The third-order valence-corrected chi connectivity index (χ3v) is 3.40. The molecule has 0 bridgehead atoms. The van der Waals surface area contributed by atoms with Crippen LogP contribution in [0.3, 0.4) is 0 Å². The molecular formula is C11H20ClN5O. The van der Waals surface area contributed by atoms with Gasteiger partial charge in [-0.25, -0.2) is 0 Å². The Bertz CT molecular complexity index is 362. The maximum atomic E-state index is 11.8. The van der Waals surface area contributed by atoms with Crippen LogP contribution in [0.5, 0.6) is 0 Å². The van der Waals surface area contributed by atoms with Crippen molar-refractivity contribution in [1.82, 2.24) is 20.3 Å². The van der Waals surface area contributed by atoms with E-state index >= 15 is 0 Å². The first-order valence-corrected chi connectivity index (χ1v) is 6.09. The molecule has 1 aliphatic carbocycles. The molecule has 1 aromatic rings. The molecule has 0 unspecified atom stereocenters. The number of aryl methyl sites for hydroxylation is 1. The molecule has 1 amide bonds. The van der Waals surface area contributed by atoms with Crippen LogP contribution in [0.1, 0.15) is 32.1 Å². The first-order chi connectivity index (χ1) is 8.24. The Labute approximate surface area is 113 Å². The topological polar surface area (TPSA) is 85.8 Å². The van der Waals surface area contributed by atoms with E-state index in [0.717, 1.165) is 25.7 Å². The average molecular weight is 274 g/mol. The van der Waals surface area contributed by atoms with Crippen LogP contribution in [0.25, 0.3) is 0 Å². The van der Waals surface area contributed by atoms with Crippen molar-refractivity contribution in [2.45, 2.75) is 44.2 Å². The van der Waals surface area contributed by atoms with E-state index in [1.54, 1.807) is 17.1 Å². The maximum Gasteiger partial charge on any atom is 0.222 e. The minimum absolute atomic E-state index is 0. The van der Waals surface area contributed by atoms with Gasteiger partial charge in [0.25, 0.3) is 0 Å². The molecule has 1 heterocycles. The van der Waals surface area contributed by atoms with Crippen molar-refractivity contribution >= 4 is 18.3 Å². The average Bonchev–Trinajstić information content (AvgIpc) is 2.98. The number of nitrogens with zero attached hydrogens (tertiary/aromatic N) is 3. The van der Waals surface area contributed by atoms with Crippen molar-refractivity contribution in [3.8, 4) is 0 Å². The second kappa shape index (κ2) is 6.70. The maximum absolute atomic E-state index is 11.8. The molecular weight excluding hydrogens is 254 g/mol. The van der Waals surface area contributed by atoms with E-state index in [2.05, 4.69) is 15.6 Å². The fourth-order valence-electron chi connectivity index (χ4n) is 2.36. The van der Waals surface area contributed by atoms with Gasteiger partial charge in [-0.2, -0.15) is 0 Å². The van der Waals surface area contributed by atoms with Crippen molar-refractivity contribution < 1.29 is 4.79 Å². The Morgan fingerprint density at radius 2 is 2.17 bits per heavy atom. The zero-order valence-corrected chi connectivity index (χ0v) is 11.2. The lowest BCUT2D eigenvalue weighted by atomic mass is 9.97. The van der Waals surface area contributed by atoms with Crippen LogP contribution in [-0.4, -0.2) is 33.0 Å². The fourth-order valence-corrected chi connectivity index (χ4v) is 2.36. The molecule has 0 radical (unpaired) electrons. The SMILES string of the molecule is Cl.NCC1(NC(=O)CCn2ccnn2)CCCC1. The molecule has 0 spiro atoms. The third kappa shape index (κ3) is 3.68. The number of hydrogen-bond acceptors (Lipinski definition) is 4. The molecule has 2 rings (SSSR count). The molecule has 18 heavy (non-hydrogen) atoms. The summed E-state index contributed by atoms with van der Waals surface area (Å²) in [5.41, 5.74) is 5.61. The van der Waals surface area contributed by atoms with E-state index in [9.17, 15) is 4.79 Å². The van der Waals surface area contributed by atoms with E-state index in [1.165, 1.54) is 0 Å². The van der Waals surface area contributed by atoms with Crippen LogP contribution in [0.15, 0.2) is 12.4 Å². The Hall–Kier alpha value is -1.14. The highest BCUT2D eigenvalue weighted by Crippen LogP contribution is 2.28. The second-order valence-corrected chi connectivity index (χ2v) is 4.66. The number of nitrogens with one attached hydrogen (secondary N) is 1. The van der Waals surface area contributed by atoms with Gasteiger partial charge in [-0.3, -0.25) is 9.48 Å². The van der Waals surface area contributed by atoms with Gasteiger partial charge < -0.3 is 11.1 Å². The number of nitrogens with two attached hydrogens (primary N) is 1. The van der Waals surface area contributed by atoms with Gasteiger partial charge in [0.1, 0.15) is 0 Å². The summed E-state index contributed by atoms with van der Waals surface area (Å²) in [6.07, 6.45) is 8.08. The van der Waals surface area contributed by atoms with Gasteiger partial charge >= 0.3 is 0 Å². The third-order valence-electron chi connectivity index (χ3n) is 3.40. The summed E-state index contributed by atoms with van der Waals surface area (Å²) in [6, 6.07) is 0. The number of aromatic nitrogens is 3. The number of amides is 1. The zero-order chi connectivity index (χ0) is 12.1. The van der Waals surface area contributed by atoms with E-state index in [4.69, 9.17) is 5.73 Å². The largest absolute Gasteiger partial charge is 0.349 e. The molecule has 1 saturated carbocycles. The number of halogens is 1.